The summed E-state index contributed by atoms with van der Waals surface area (Å²) in [5.41, 5.74) is 7.19. The number of primary amides is 1. The SMILES string of the molecule is COc1cccc2c1NC(=O)[C@@H](NC(=O)[C@H](CCC(F)(F)F)[C@@H](C(N)=O)C1CCC(F)(F)CC1)N=C2c1ccccc1. The smallest absolute Gasteiger partial charge is 0.389 e. The van der Waals surface area contributed by atoms with Crippen LogP contribution in [0.2, 0.25) is 0 Å². The normalized spacial score (nSPS) is 20.3. The van der Waals surface area contributed by atoms with Crippen LogP contribution in [-0.4, -0.2) is 48.8 Å². The lowest BCUT2D eigenvalue weighted by Gasteiger charge is -2.36. The van der Waals surface area contributed by atoms with E-state index in [0.29, 0.717) is 22.6 Å². The molecule has 8 nitrogen and oxygen atoms in total. The first kappa shape index (κ1) is 30.9. The quantitative estimate of drug-likeness (QED) is 0.361. The number of fused-ring (bicyclic) bond motifs is 1. The molecule has 1 fully saturated rings. The molecular formula is C29H31F5N4O4. The first-order valence-electron chi connectivity index (χ1n) is 13.5. The molecule has 2 aliphatic rings. The van der Waals surface area contributed by atoms with Crippen LogP contribution in [0.3, 0.4) is 0 Å². The molecule has 4 N–H and O–H groups in total. The van der Waals surface area contributed by atoms with E-state index in [0.717, 1.165) is 0 Å². The van der Waals surface area contributed by atoms with Crippen LogP contribution in [-0.2, 0) is 14.4 Å². The van der Waals surface area contributed by atoms with Gasteiger partial charge >= 0.3 is 6.18 Å². The van der Waals surface area contributed by atoms with Gasteiger partial charge in [-0.25, -0.2) is 13.8 Å². The van der Waals surface area contributed by atoms with E-state index in [1.54, 1.807) is 48.5 Å². The van der Waals surface area contributed by atoms with Crippen molar-refractivity contribution >= 4 is 29.1 Å². The summed E-state index contributed by atoms with van der Waals surface area (Å²) >= 11 is 0. The molecule has 0 aromatic heterocycles. The van der Waals surface area contributed by atoms with Gasteiger partial charge in [-0.15, -0.1) is 0 Å². The van der Waals surface area contributed by atoms with Crippen LogP contribution in [0.4, 0.5) is 27.6 Å². The van der Waals surface area contributed by atoms with E-state index in [4.69, 9.17) is 10.5 Å². The number of benzene rings is 2. The lowest BCUT2D eigenvalue weighted by atomic mass is 9.71. The molecule has 0 spiro atoms. The summed E-state index contributed by atoms with van der Waals surface area (Å²) in [6.45, 7) is 0. The number of nitrogens with two attached hydrogens (primary N) is 1. The average Bonchev–Trinajstić information content (AvgIpc) is 3.07. The molecular weight excluding hydrogens is 563 g/mol. The van der Waals surface area contributed by atoms with Gasteiger partial charge in [-0.1, -0.05) is 42.5 Å². The second kappa shape index (κ2) is 12.5. The summed E-state index contributed by atoms with van der Waals surface area (Å²) in [5.74, 6) is -9.51. The third-order valence-electron chi connectivity index (χ3n) is 7.69. The average molecular weight is 595 g/mol. The molecule has 13 heteroatoms. The molecule has 0 saturated heterocycles. The van der Waals surface area contributed by atoms with Crippen LogP contribution < -0.4 is 21.1 Å². The van der Waals surface area contributed by atoms with E-state index in [2.05, 4.69) is 15.6 Å². The number of carbonyl (C=O) groups excluding carboxylic acids is 3. The Balaban J connectivity index is 1.70. The Hall–Kier alpha value is -4.03. The van der Waals surface area contributed by atoms with Crippen molar-refractivity contribution in [1.29, 1.82) is 0 Å². The zero-order valence-corrected chi connectivity index (χ0v) is 22.7. The van der Waals surface area contributed by atoms with Gasteiger partial charge in [-0.05, 0) is 31.2 Å². The van der Waals surface area contributed by atoms with Gasteiger partial charge in [0.1, 0.15) is 5.75 Å². The van der Waals surface area contributed by atoms with Gasteiger partial charge < -0.3 is 21.1 Å². The summed E-state index contributed by atoms with van der Waals surface area (Å²) in [6.07, 6.45) is -10.1. The van der Waals surface area contributed by atoms with Crippen molar-refractivity contribution in [1.82, 2.24) is 5.32 Å². The highest BCUT2D eigenvalue weighted by Gasteiger charge is 2.45. The first-order valence-corrected chi connectivity index (χ1v) is 13.5. The number of anilines is 1. The van der Waals surface area contributed by atoms with Gasteiger partial charge in [0.05, 0.1) is 30.3 Å². The molecule has 1 aliphatic heterocycles. The maximum atomic E-state index is 13.8. The third kappa shape index (κ3) is 7.24. The maximum absolute atomic E-state index is 13.8. The molecule has 1 saturated carbocycles. The fourth-order valence-electron chi connectivity index (χ4n) is 5.62. The number of rotatable bonds is 9. The Kier molecular flexibility index (Phi) is 9.17. The van der Waals surface area contributed by atoms with Crippen LogP contribution in [0.1, 0.15) is 49.7 Å². The number of methoxy groups -OCH3 is 1. The van der Waals surface area contributed by atoms with Gasteiger partial charge in [0, 0.05) is 30.4 Å². The van der Waals surface area contributed by atoms with Gasteiger partial charge in [-0.2, -0.15) is 13.2 Å². The predicted octanol–water partition coefficient (Wildman–Crippen LogP) is 4.81. The van der Waals surface area contributed by atoms with Gasteiger partial charge in [0.2, 0.25) is 23.9 Å². The Bertz CT molecular complexity index is 1340. The number of amides is 3. The minimum absolute atomic E-state index is 0.189. The second-order valence-corrected chi connectivity index (χ2v) is 10.5. The highest BCUT2D eigenvalue weighted by molar-refractivity contribution is 6.20. The monoisotopic (exact) mass is 594 g/mol. The standard InChI is InChI=1S/C29H31F5N4O4/c1-42-20-9-5-8-19-22(17-6-3-2-4-7-17)36-25(27(41)37-23(19)20)38-26(40)18(12-15-29(32,33)34)21(24(35)39)16-10-13-28(30,31)14-11-16/h2-9,16,18,21,25H,10-15H2,1H3,(H2,35,39)(H,37,41)(H,38,40)/t18-,21+,25-/m1/s1. The molecule has 3 amide bonds. The largest absolute Gasteiger partial charge is 0.495 e. The van der Waals surface area contributed by atoms with Crippen molar-refractivity contribution in [2.24, 2.45) is 28.5 Å². The number of nitrogens with zero attached hydrogens (tertiary/aromatic N) is 1. The number of hydrogen-bond donors (Lipinski definition) is 3. The van der Waals surface area contributed by atoms with E-state index >= 15 is 0 Å². The van der Waals surface area contributed by atoms with Crippen molar-refractivity contribution in [3.8, 4) is 5.75 Å². The van der Waals surface area contributed by atoms with Gasteiger partial charge in [0.25, 0.3) is 5.91 Å². The summed E-state index contributed by atoms with van der Waals surface area (Å²) in [6, 6.07) is 13.7. The lowest BCUT2D eigenvalue weighted by Crippen LogP contribution is -2.50. The molecule has 226 valence electrons. The summed E-state index contributed by atoms with van der Waals surface area (Å²) in [4.78, 5) is 44.0. The Labute approximate surface area is 238 Å². The topological polar surface area (TPSA) is 123 Å². The second-order valence-electron chi connectivity index (χ2n) is 10.5. The summed E-state index contributed by atoms with van der Waals surface area (Å²) < 4.78 is 72.9. The predicted molar refractivity (Wildman–Crippen MR) is 144 cm³/mol. The van der Waals surface area contributed by atoms with Crippen LogP contribution in [0.5, 0.6) is 5.75 Å². The van der Waals surface area contributed by atoms with E-state index in [1.165, 1.54) is 7.11 Å². The van der Waals surface area contributed by atoms with E-state index in [-0.39, 0.29) is 18.5 Å². The highest BCUT2D eigenvalue weighted by Crippen LogP contribution is 2.43. The fourth-order valence-corrected chi connectivity index (χ4v) is 5.62. The summed E-state index contributed by atoms with van der Waals surface area (Å²) in [5, 5.41) is 5.07. The number of aliphatic imine (C=N–C) groups is 1. The fraction of sp³-hybridized carbons (Fsp3) is 0.448. The Morgan fingerprint density at radius 3 is 2.38 bits per heavy atom. The van der Waals surface area contributed by atoms with Crippen molar-refractivity contribution < 1.29 is 41.1 Å². The maximum Gasteiger partial charge on any atom is 0.389 e. The number of para-hydroxylation sites is 1. The van der Waals surface area contributed by atoms with Crippen molar-refractivity contribution in [3.05, 3.63) is 59.7 Å². The van der Waals surface area contributed by atoms with Gasteiger partial charge in [0.15, 0.2) is 0 Å². The minimum Gasteiger partial charge on any atom is -0.495 e. The number of hydrogen-bond acceptors (Lipinski definition) is 5. The summed E-state index contributed by atoms with van der Waals surface area (Å²) in [7, 11) is 1.40. The molecule has 3 atom stereocenters. The molecule has 0 unspecified atom stereocenters. The van der Waals surface area contributed by atoms with Crippen LogP contribution in [0.25, 0.3) is 0 Å². The van der Waals surface area contributed by atoms with E-state index in [9.17, 15) is 36.3 Å². The zero-order valence-electron chi connectivity index (χ0n) is 22.7. The van der Waals surface area contributed by atoms with E-state index in [1.807, 2.05) is 0 Å². The molecule has 1 aliphatic carbocycles. The Morgan fingerprint density at radius 1 is 1.12 bits per heavy atom. The number of carbonyl (C=O) groups is 3. The van der Waals surface area contributed by atoms with Crippen LogP contribution >= 0.6 is 0 Å². The van der Waals surface area contributed by atoms with Crippen LogP contribution in [0.15, 0.2) is 53.5 Å². The number of ether oxygens (including phenoxy) is 1. The molecule has 42 heavy (non-hydrogen) atoms. The zero-order chi connectivity index (χ0) is 30.7. The number of halogens is 5. The molecule has 2 aromatic carbocycles. The number of alkyl halides is 5. The lowest BCUT2D eigenvalue weighted by molar-refractivity contribution is -0.149. The third-order valence-corrected chi connectivity index (χ3v) is 7.69. The minimum atomic E-state index is -4.67. The van der Waals surface area contributed by atoms with Crippen molar-refractivity contribution in [2.45, 2.75) is 56.8 Å². The van der Waals surface area contributed by atoms with E-state index < -0.39 is 79.4 Å². The van der Waals surface area contributed by atoms with Gasteiger partial charge in [-0.3, -0.25) is 14.4 Å². The number of benzodiazepines with no additional fused rings is 1. The molecule has 0 radical (unpaired) electrons. The Morgan fingerprint density at radius 2 is 1.79 bits per heavy atom. The highest BCUT2D eigenvalue weighted by atomic mass is 19.4. The van der Waals surface area contributed by atoms with Crippen molar-refractivity contribution in [3.63, 3.8) is 0 Å². The first-order chi connectivity index (χ1) is 19.8. The van der Waals surface area contributed by atoms with Crippen LogP contribution in [0, 0.1) is 17.8 Å². The molecule has 0 bridgehead atoms. The number of nitrogens with one attached hydrogen (secondary N) is 2. The molecule has 4 rings (SSSR count). The molecule has 2 aromatic rings. The molecule has 1 heterocycles. The van der Waals surface area contributed by atoms with Crippen molar-refractivity contribution in [2.75, 3.05) is 12.4 Å².